The van der Waals surface area contributed by atoms with Crippen LogP contribution in [0, 0.1) is 5.82 Å². The number of amides is 1. The molecule has 0 aliphatic heterocycles. The number of methoxy groups -OCH3 is 1. The lowest BCUT2D eigenvalue weighted by molar-refractivity contribution is 0.0945. The van der Waals surface area contributed by atoms with Crippen molar-refractivity contribution in [1.82, 2.24) is 10.3 Å². The summed E-state index contributed by atoms with van der Waals surface area (Å²) >= 11 is 0. The number of ether oxygens (including phenoxy) is 1. The third kappa shape index (κ3) is 4.16. The fourth-order valence-electron chi connectivity index (χ4n) is 2.47. The molecule has 0 aliphatic carbocycles. The predicted octanol–water partition coefficient (Wildman–Crippen LogP) is 3.90. The van der Waals surface area contributed by atoms with Crippen LogP contribution in [0.4, 0.5) is 15.8 Å². The normalized spacial score (nSPS) is 10.2. The molecule has 0 unspecified atom stereocenters. The average Bonchev–Trinajstić information content (AvgIpc) is 2.68. The third-order valence-electron chi connectivity index (χ3n) is 3.78. The number of hydrogen-bond donors (Lipinski definition) is 2. The summed E-state index contributed by atoms with van der Waals surface area (Å²) in [5.41, 5.74) is 2.01. The molecule has 26 heavy (non-hydrogen) atoms. The lowest BCUT2D eigenvalue weighted by Gasteiger charge is -2.11. The predicted molar refractivity (Wildman–Crippen MR) is 98.1 cm³/mol. The Hall–Kier alpha value is -3.41. The van der Waals surface area contributed by atoms with Gasteiger partial charge in [-0.2, -0.15) is 0 Å². The number of carbonyl (C=O) groups excluding carboxylic acids is 1. The van der Waals surface area contributed by atoms with Crippen molar-refractivity contribution in [1.29, 1.82) is 0 Å². The minimum absolute atomic E-state index is 0.237. The zero-order valence-electron chi connectivity index (χ0n) is 14.2. The first-order valence-electron chi connectivity index (χ1n) is 8.05. The summed E-state index contributed by atoms with van der Waals surface area (Å²) in [4.78, 5) is 16.5. The smallest absolute Gasteiger partial charge is 0.270 e. The van der Waals surface area contributed by atoms with Crippen LogP contribution in [0.1, 0.15) is 16.1 Å². The van der Waals surface area contributed by atoms with Gasteiger partial charge in [0.05, 0.1) is 12.8 Å². The van der Waals surface area contributed by atoms with Crippen LogP contribution in [-0.2, 0) is 6.54 Å². The van der Waals surface area contributed by atoms with E-state index < -0.39 is 0 Å². The van der Waals surface area contributed by atoms with E-state index in [-0.39, 0.29) is 17.4 Å². The molecule has 2 aromatic carbocycles. The van der Waals surface area contributed by atoms with Gasteiger partial charge >= 0.3 is 0 Å². The summed E-state index contributed by atoms with van der Waals surface area (Å²) in [5, 5.41) is 5.75. The zero-order chi connectivity index (χ0) is 18.4. The highest BCUT2D eigenvalue weighted by Gasteiger charge is 2.10. The van der Waals surface area contributed by atoms with Crippen LogP contribution >= 0.6 is 0 Å². The molecule has 3 aromatic rings. The summed E-state index contributed by atoms with van der Waals surface area (Å²) in [6.45, 7) is 0.315. The van der Waals surface area contributed by atoms with Crippen molar-refractivity contribution in [2.45, 2.75) is 6.54 Å². The Morgan fingerprint density at radius 3 is 2.69 bits per heavy atom. The first-order valence-corrected chi connectivity index (χ1v) is 8.05. The summed E-state index contributed by atoms with van der Waals surface area (Å²) in [7, 11) is 1.58. The summed E-state index contributed by atoms with van der Waals surface area (Å²) in [6, 6.07) is 17.0. The van der Waals surface area contributed by atoms with Crippen LogP contribution in [-0.4, -0.2) is 18.0 Å². The van der Waals surface area contributed by atoms with Crippen molar-refractivity contribution >= 4 is 17.3 Å². The van der Waals surface area contributed by atoms with Crippen molar-refractivity contribution in [3.63, 3.8) is 0 Å². The molecular formula is C20H18FN3O2. The monoisotopic (exact) mass is 351 g/mol. The van der Waals surface area contributed by atoms with E-state index in [9.17, 15) is 9.18 Å². The molecule has 0 bridgehead atoms. The lowest BCUT2D eigenvalue weighted by atomic mass is 10.2. The maximum Gasteiger partial charge on any atom is 0.270 e. The van der Waals surface area contributed by atoms with Crippen LogP contribution in [0.15, 0.2) is 66.9 Å². The van der Waals surface area contributed by atoms with Crippen LogP contribution in [0.3, 0.4) is 0 Å². The summed E-state index contributed by atoms with van der Waals surface area (Å²) in [6.07, 6.45) is 1.50. The van der Waals surface area contributed by atoms with Crippen molar-refractivity contribution in [3.8, 4) is 5.75 Å². The Bertz CT molecular complexity index is 915. The van der Waals surface area contributed by atoms with Crippen molar-refractivity contribution in [2.24, 2.45) is 0 Å². The third-order valence-corrected chi connectivity index (χ3v) is 3.78. The molecule has 3 rings (SSSR count). The Morgan fingerprint density at radius 2 is 1.88 bits per heavy atom. The number of rotatable bonds is 6. The van der Waals surface area contributed by atoms with Crippen LogP contribution in [0.2, 0.25) is 0 Å². The number of benzene rings is 2. The number of anilines is 2. The lowest BCUT2D eigenvalue weighted by Crippen LogP contribution is -2.24. The molecule has 1 amide bonds. The molecule has 1 heterocycles. The van der Waals surface area contributed by atoms with E-state index in [0.717, 1.165) is 5.56 Å². The van der Waals surface area contributed by atoms with Crippen LogP contribution in [0.25, 0.3) is 0 Å². The van der Waals surface area contributed by atoms with Gasteiger partial charge in [0.1, 0.15) is 17.3 Å². The van der Waals surface area contributed by atoms with Crippen molar-refractivity contribution in [3.05, 3.63) is 83.9 Å². The second kappa shape index (κ2) is 8.11. The van der Waals surface area contributed by atoms with E-state index >= 15 is 0 Å². The summed E-state index contributed by atoms with van der Waals surface area (Å²) in [5.74, 6) is 0.00954. The van der Waals surface area contributed by atoms with Crippen molar-refractivity contribution in [2.75, 3.05) is 12.4 Å². The van der Waals surface area contributed by atoms with Gasteiger partial charge in [-0.3, -0.25) is 9.78 Å². The molecule has 2 N–H and O–H groups in total. The average molecular weight is 351 g/mol. The van der Waals surface area contributed by atoms with Gasteiger partial charge in [0.15, 0.2) is 0 Å². The minimum atomic E-state index is -0.369. The van der Waals surface area contributed by atoms with Gasteiger partial charge in [0.2, 0.25) is 0 Å². The van der Waals surface area contributed by atoms with Gasteiger partial charge in [0.25, 0.3) is 5.91 Å². The van der Waals surface area contributed by atoms with E-state index in [4.69, 9.17) is 4.74 Å². The van der Waals surface area contributed by atoms with Gasteiger partial charge < -0.3 is 15.4 Å². The quantitative estimate of drug-likeness (QED) is 0.707. The van der Waals surface area contributed by atoms with Crippen LogP contribution in [0.5, 0.6) is 5.75 Å². The molecule has 0 aliphatic rings. The number of halogens is 1. The largest absolute Gasteiger partial charge is 0.496 e. The number of nitrogens with zero attached hydrogens (tertiary/aromatic N) is 1. The Morgan fingerprint density at radius 1 is 1.12 bits per heavy atom. The SMILES string of the molecule is COc1ccccc1CNC(=O)c1cc(Nc2ccccc2F)ccn1. The number of aromatic nitrogens is 1. The fraction of sp³-hybridized carbons (Fsp3) is 0.100. The molecule has 0 radical (unpaired) electrons. The first kappa shape index (κ1) is 17.4. The van der Waals surface area contributed by atoms with Gasteiger partial charge in [0, 0.05) is 24.0 Å². The molecule has 6 heteroatoms. The fourth-order valence-corrected chi connectivity index (χ4v) is 2.47. The first-order chi connectivity index (χ1) is 12.7. The van der Waals surface area contributed by atoms with E-state index in [1.54, 1.807) is 37.4 Å². The topological polar surface area (TPSA) is 63.2 Å². The highest BCUT2D eigenvalue weighted by Crippen LogP contribution is 2.20. The van der Waals surface area contributed by atoms with Crippen LogP contribution < -0.4 is 15.4 Å². The van der Waals surface area contributed by atoms with E-state index in [1.807, 2.05) is 24.3 Å². The molecule has 132 valence electrons. The highest BCUT2D eigenvalue weighted by atomic mass is 19.1. The Kier molecular flexibility index (Phi) is 5.43. The molecular weight excluding hydrogens is 333 g/mol. The second-order valence-electron chi connectivity index (χ2n) is 5.53. The highest BCUT2D eigenvalue weighted by molar-refractivity contribution is 5.93. The second-order valence-corrected chi connectivity index (χ2v) is 5.53. The van der Waals surface area contributed by atoms with E-state index in [2.05, 4.69) is 15.6 Å². The van der Waals surface area contributed by atoms with E-state index in [0.29, 0.717) is 23.7 Å². The molecule has 0 saturated heterocycles. The molecule has 0 saturated carbocycles. The van der Waals surface area contributed by atoms with E-state index in [1.165, 1.54) is 12.3 Å². The number of nitrogens with one attached hydrogen (secondary N) is 2. The maximum atomic E-state index is 13.7. The van der Waals surface area contributed by atoms with Gasteiger partial charge in [-0.1, -0.05) is 30.3 Å². The minimum Gasteiger partial charge on any atom is -0.496 e. The maximum absolute atomic E-state index is 13.7. The zero-order valence-corrected chi connectivity index (χ0v) is 14.2. The van der Waals surface area contributed by atoms with Gasteiger partial charge in [-0.25, -0.2) is 4.39 Å². The molecule has 0 spiro atoms. The van der Waals surface area contributed by atoms with Crippen molar-refractivity contribution < 1.29 is 13.9 Å². The van der Waals surface area contributed by atoms with Gasteiger partial charge in [-0.15, -0.1) is 0 Å². The molecule has 0 fully saturated rings. The number of para-hydroxylation sites is 2. The molecule has 5 nitrogen and oxygen atoms in total. The molecule has 0 atom stereocenters. The molecule has 1 aromatic heterocycles. The Balaban J connectivity index is 1.69. The summed E-state index contributed by atoms with van der Waals surface area (Å²) < 4.78 is 19.0. The standard InChI is InChI=1S/C20H18FN3O2/c1-26-19-9-5-2-6-14(19)13-23-20(25)18-12-15(10-11-22-18)24-17-8-4-3-7-16(17)21/h2-12H,13H2,1H3,(H,22,24)(H,23,25). The number of pyridine rings is 1. The Labute approximate surface area is 150 Å². The number of carbonyl (C=O) groups is 1. The number of hydrogen-bond acceptors (Lipinski definition) is 4. The van der Waals surface area contributed by atoms with Gasteiger partial charge in [-0.05, 0) is 30.3 Å².